The minimum atomic E-state index is -0.193. The summed E-state index contributed by atoms with van der Waals surface area (Å²) >= 11 is 0. The second-order valence-corrected chi connectivity index (χ2v) is 5.38. The van der Waals surface area contributed by atoms with Gasteiger partial charge < -0.3 is 4.90 Å². The molecular formula is C15H19NO. The number of nitrogens with zero attached hydrogens (tertiary/aromatic N) is 1. The molecule has 1 aromatic carbocycles. The molecule has 3 rings (SSSR count). The molecule has 1 aromatic rings. The van der Waals surface area contributed by atoms with Gasteiger partial charge in [0.15, 0.2) is 0 Å². The smallest absolute Gasteiger partial charge is 0.237 e. The minimum absolute atomic E-state index is 0.193. The lowest BCUT2D eigenvalue weighted by molar-refractivity contribution is -0.123. The van der Waals surface area contributed by atoms with Gasteiger partial charge >= 0.3 is 0 Å². The fraction of sp³-hybridized carbons (Fsp3) is 0.533. The highest BCUT2D eigenvalue weighted by molar-refractivity contribution is 6.07. The van der Waals surface area contributed by atoms with Gasteiger partial charge in [0.25, 0.3) is 0 Å². The molecule has 0 atom stereocenters. The van der Waals surface area contributed by atoms with Gasteiger partial charge in [0.1, 0.15) is 0 Å². The third-order valence-electron chi connectivity index (χ3n) is 4.45. The van der Waals surface area contributed by atoms with Crippen LogP contribution < -0.4 is 4.90 Å². The van der Waals surface area contributed by atoms with Crippen LogP contribution in [0.3, 0.4) is 0 Å². The zero-order valence-electron chi connectivity index (χ0n) is 10.4. The number of carbonyl (C=O) groups excluding carboxylic acids is 1. The summed E-state index contributed by atoms with van der Waals surface area (Å²) < 4.78 is 0. The van der Waals surface area contributed by atoms with E-state index in [2.05, 4.69) is 18.2 Å². The highest BCUT2D eigenvalue weighted by Crippen LogP contribution is 2.48. The number of hydrogen-bond acceptors (Lipinski definition) is 1. The Balaban J connectivity index is 2.12. The van der Waals surface area contributed by atoms with E-state index in [1.54, 1.807) is 0 Å². The number of benzene rings is 1. The van der Waals surface area contributed by atoms with E-state index < -0.39 is 0 Å². The van der Waals surface area contributed by atoms with E-state index in [1.807, 2.05) is 18.0 Å². The molecule has 1 aliphatic heterocycles. The maximum absolute atomic E-state index is 12.6. The third kappa shape index (κ3) is 1.43. The normalized spacial score (nSPS) is 22.6. The zero-order chi connectivity index (χ0) is 11.9. The first-order valence-corrected chi connectivity index (χ1v) is 6.63. The van der Waals surface area contributed by atoms with E-state index in [0.717, 1.165) is 18.5 Å². The van der Waals surface area contributed by atoms with E-state index >= 15 is 0 Å². The second-order valence-electron chi connectivity index (χ2n) is 5.38. The predicted octanol–water partition coefficient (Wildman–Crippen LogP) is 3.26. The van der Waals surface area contributed by atoms with Crippen LogP contribution in [0.1, 0.15) is 44.1 Å². The molecule has 17 heavy (non-hydrogen) atoms. The van der Waals surface area contributed by atoms with Crippen molar-refractivity contribution in [2.75, 3.05) is 11.9 Å². The molecule has 1 saturated carbocycles. The van der Waals surface area contributed by atoms with Gasteiger partial charge in [0, 0.05) is 12.7 Å². The quantitative estimate of drug-likeness (QED) is 0.668. The molecule has 0 saturated heterocycles. The summed E-state index contributed by atoms with van der Waals surface area (Å²) in [4.78, 5) is 14.5. The molecule has 1 fully saturated rings. The fourth-order valence-corrected chi connectivity index (χ4v) is 3.53. The number of likely N-dealkylation sites (N-methyl/N-ethyl adjacent to an activating group) is 1. The van der Waals surface area contributed by atoms with Crippen molar-refractivity contribution in [2.24, 2.45) is 0 Å². The van der Waals surface area contributed by atoms with Crippen molar-refractivity contribution in [1.82, 2.24) is 0 Å². The van der Waals surface area contributed by atoms with Crippen LogP contribution >= 0.6 is 0 Å². The van der Waals surface area contributed by atoms with Crippen LogP contribution in [-0.2, 0) is 10.2 Å². The maximum Gasteiger partial charge on any atom is 0.237 e. The van der Waals surface area contributed by atoms with Gasteiger partial charge in [0.2, 0.25) is 5.91 Å². The summed E-state index contributed by atoms with van der Waals surface area (Å²) in [6.07, 6.45) is 7.00. The first kappa shape index (κ1) is 10.8. The Morgan fingerprint density at radius 2 is 1.71 bits per heavy atom. The van der Waals surface area contributed by atoms with Gasteiger partial charge in [-0.05, 0) is 24.5 Å². The summed E-state index contributed by atoms with van der Waals surface area (Å²) in [5, 5.41) is 0. The van der Waals surface area contributed by atoms with E-state index in [-0.39, 0.29) is 5.41 Å². The van der Waals surface area contributed by atoms with Crippen LogP contribution in [0.25, 0.3) is 0 Å². The van der Waals surface area contributed by atoms with Crippen molar-refractivity contribution >= 4 is 11.6 Å². The van der Waals surface area contributed by atoms with Gasteiger partial charge in [-0.25, -0.2) is 0 Å². The van der Waals surface area contributed by atoms with E-state index in [0.29, 0.717) is 5.91 Å². The molecule has 0 N–H and O–H groups in total. The van der Waals surface area contributed by atoms with Crippen molar-refractivity contribution in [3.05, 3.63) is 29.8 Å². The van der Waals surface area contributed by atoms with Crippen molar-refractivity contribution in [1.29, 1.82) is 0 Å². The third-order valence-corrected chi connectivity index (χ3v) is 4.45. The highest BCUT2D eigenvalue weighted by atomic mass is 16.2. The summed E-state index contributed by atoms with van der Waals surface area (Å²) in [5.74, 6) is 0.320. The molecule has 2 heteroatoms. The van der Waals surface area contributed by atoms with Gasteiger partial charge in [-0.1, -0.05) is 43.9 Å². The first-order valence-electron chi connectivity index (χ1n) is 6.63. The van der Waals surface area contributed by atoms with Crippen LogP contribution in [0.15, 0.2) is 24.3 Å². The Labute approximate surface area is 103 Å². The maximum atomic E-state index is 12.6. The number of amides is 1. The van der Waals surface area contributed by atoms with Crippen molar-refractivity contribution in [2.45, 2.75) is 43.9 Å². The predicted molar refractivity (Wildman–Crippen MR) is 69.2 cm³/mol. The standard InChI is InChI=1S/C15H19NO/c1-16-13-9-5-4-8-12(13)15(14(16)17)10-6-2-3-7-11-15/h4-5,8-9H,2-3,6-7,10-11H2,1H3. The number of para-hydroxylation sites is 1. The van der Waals surface area contributed by atoms with Gasteiger partial charge in [-0.15, -0.1) is 0 Å². The zero-order valence-corrected chi connectivity index (χ0v) is 10.4. The molecule has 0 radical (unpaired) electrons. The topological polar surface area (TPSA) is 20.3 Å². The Bertz CT molecular complexity index is 444. The molecule has 2 nitrogen and oxygen atoms in total. The van der Waals surface area contributed by atoms with Crippen LogP contribution in [0.5, 0.6) is 0 Å². The number of fused-ring (bicyclic) bond motifs is 2. The number of rotatable bonds is 0. The molecular weight excluding hydrogens is 210 g/mol. The largest absolute Gasteiger partial charge is 0.314 e. The molecule has 1 aliphatic carbocycles. The Kier molecular flexibility index (Phi) is 2.46. The Hall–Kier alpha value is -1.31. The average molecular weight is 229 g/mol. The van der Waals surface area contributed by atoms with Crippen LogP contribution in [0.4, 0.5) is 5.69 Å². The first-order chi connectivity index (χ1) is 8.26. The SMILES string of the molecule is CN1C(=O)C2(CCCCCC2)c2ccccc21. The van der Waals surface area contributed by atoms with Crippen molar-refractivity contribution < 1.29 is 4.79 Å². The number of anilines is 1. The minimum Gasteiger partial charge on any atom is -0.314 e. The molecule has 0 bridgehead atoms. The fourth-order valence-electron chi connectivity index (χ4n) is 3.53. The van der Waals surface area contributed by atoms with Crippen molar-refractivity contribution in [3.8, 4) is 0 Å². The van der Waals surface area contributed by atoms with Crippen LogP contribution in [0, 0.1) is 0 Å². The lowest BCUT2D eigenvalue weighted by Gasteiger charge is -2.26. The highest BCUT2D eigenvalue weighted by Gasteiger charge is 2.48. The monoisotopic (exact) mass is 229 g/mol. The second kappa shape index (κ2) is 3.86. The van der Waals surface area contributed by atoms with E-state index in [4.69, 9.17) is 0 Å². The average Bonchev–Trinajstić information content (AvgIpc) is 2.57. The lowest BCUT2D eigenvalue weighted by atomic mass is 9.75. The Morgan fingerprint density at radius 3 is 2.41 bits per heavy atom. The summed E-state index contributed by atoms with van der Waals surface area (Å²) in [6.45, 7) is 0. The molecule has 1 spiro atoms. The molecule has 0 unspecified atom stereocenters. The summed E-state index contributed by atoms with van der Waals surface area (Å²) in [7, 11) is 1.92. The molecule has 0 aromatic heterocycles. The summed E-state index contributed by atoms with van der Waals surface area (Å²) in [6, 6.07) is 8.32. The summed E-state index contributed by atoms with van der Waals surface area (Å²) in [5.41, 5.74) is 2.20. The van der Waals surface area contributed by atoms with Gasteiger partial charge in [-0.3, -0.25) is 4.79 Å². The molecule has 1 heterocycles. The Morgan fingerprint density at radius 1 is 1.06 bits per heavy atom. The lowest BCUT2D eigenvalue weighted by Crippen LogP contribution is -2.38. The van der Waals surface area contributed by atoms with Gasteiger partial charge in [-0.2, -0.15) is 0 Å². The van der Waals surface area contributed by atoms with Crippen molar-refractivity contribution in [3.63, 3.8) is 0 Å². The number of carbonyl (C=O) groups is 1. The molecule has 90 valence electrons. The van der Waals surface area contributed by atoms with Crippen LogP contribution in [0.2, 0.25) is 0 Å². The van der Waals surface area contributed by atoms with E-state index in [9.17, 15) is 4.79 Å². The van der Waals surface area contributed by atoms with E-state index in [1.165, 1.54) is 31.2 Å². The molecule has 2 aliphatic rings. The number of hydrogen-bond donors (Lipinski definition) is 0. The molecule has 1 amide bonds. The van der Waals surface area contributed by atoms with Gasteiger partial charge in [0.05, 0.1) is 5.41 Å². The van der Waals surface area contributed by atoms with Crippen LogP contribution in [-0.4, -0.2) is 13.0 Å².